The van der Waals surface area contributed by atoms with Crippen molar-refractivity contribution < 1.29 is 14.1 Å². The fourth-order valence-electron chi connectivity index (χ4n) is 2.74. The number of hydrogen-bond donors (Lipinski definition) is 1. The number of nitro groups is 1. The van der Waals surface area contributed by atoms with E-state index in [0.29, 0.717) is 27.2 Å². The van der Waals surface area contributed by atoms with Gasteiger partial charge in [0.05, 0.1) is 15.5 Å². The summed E-state index contributed by atoms with van der Waals surface area (Å²) in [6.07, 6.45) is 1.60. The van der Waals surface area contributed by atoms with Crippen molar-refractivity contribution in [2.24, 2.45) is 4.99 Å². The number of carbonyl (C=O) groups is 1. The van der Waals surface area contributed by atoms with Crippen molar-refractivity contribution in [3.8, 4) is 11.3 Å². The lowest BCUT2D eigenvalue weighted by Crippen LogP contribution is -2.19. The highest BCUT2D eigenvalue weighted by molar-refractivity contribution is 8.18. The molecule has 7 nitrogen and oxygen atoms in total. The van der Waals surface area contributed by atoms with E-state index in [9.17, 15) is 14.9 Å². The van der Waals surface area contributed by atoms with Gasteiger partial charge in [-0.25, -0.2) is 4.99 Å². The Bertz CT molecular complexity index is 1220. The molecular weight excluding hydrogens is 426 g/mol. The molecule has 0 saturated carbocycles. The molecule has 1 N–H and O–H groups in total. The van der Waals surface area contributed by atoms with Crippen LogP contribution in [-0.2, 0) is 4.79 Å². The number of amidine groups is 1. The lowest BCUT2D eigenvalue weighted by molar-refractivity contribution is -0.384. The molecule has 4 rings (SSSR count). The maximum Gasteiger partial charge on any atom is 0.288 e. The first-order chi connectivity index (χ1) is 14.4. The standard InChI is InChI=1S/C21H14ClN3O4S/c1-12-2-5-14(6-3-12)23-21-24-20(26)19(30-21)11-15-7-9-18(29-15)13-4-8-16(22)17(10-13)25(27)28/h2-11H,1H3,(H,23,24,26)/b19-11-. The average molecular weight is 440 g/mol. The highest BCUT2D eigenvalue weighted by Crippen LogP contribution is 2.33. The number of thioether (sulfide) groups is 1. The molecule has 1 fully saturated rings. The summed E-state index contributed by atoms with van der Waals surface area (Å²) < 4.78 is 5.75. The monoisotopic (exact) mass is 439 g/mol. The molecule has 9 heteroatoms. The van der Waals surface area contributed by atoms with Gasteiger partial charge in [-0.1, -0.05) is 29.3 Å². The maximum absolute atomic E-state index is 12.3. The number of aliphatic imine (C=N–C) groups is 1. The molecule has 30 heavy (non-hydrogen) atoms. The van der Waals surface area contributed by atoms with Gasteiger partial charge in [0.25, 0.3) is 11.6 Å². The second kappa shape index (κ2) is 8.17. The van der Waals surface area contributed by atoms with Crippen molar-refractivity contribution in [3.63, 3.8) is 0 Å². The van der Waals surface area contributed by atoms with Crippen LogP contribution >= 0.6 is 23.4 Å². The Morgan fingerprint density at radius 1 is 1.17 bits per heavy atom. The molecule has 0 radical (unpaired) electrons. The SMILES string of the molecule is Cc1ccc(N=C2NC(=O)/C(=C/c3ccc(-c4ccc(Cl)c([N+](=O)[O-])c4)o3)S2)cc1. The van der Waals surface area contributed by atoms with Crippen LogP contribution in [0.3, 0.4) is 0 Å². The minimum atomic E-state index is -0.550. The van der Waals surface area contributed by atoms with Crippen LogP contribution in [0.4, 0.5) is 11.4 Å². The summed E-state index contributed by atoms with van der Waals surface area (Å²) in [5.74, 6) is 0.598. The quantitative estimate of drug-likeness (QED) is 0.319. The molecule has 0 unspecified atom stereocenters. The summed E-state index contributed by atoms with van der Waals surface area (Å²) >= 11 is 7.06. The number of furan rings is 1. The number of aryl methyl sites for hydroxylation is 1. The smallest absolute Gasteiger partial charge is 0.288 e. The van der Waals surface area contributed by atoms with Crippen molar-refractivity contribution in [3.05, 3.63) is 86.0 Å². The van der Waals surface area contributed by atoms with E-state index in [1.807, 2.05) is 31.2 Å². The Morgan fingerprint density at radius 3 is 2.67 bits per heavy atom. The van der Waals surface area contributed by atoms with Gasteiger partial charge in [-0.05, 0) is 55.1 Å². The van der Waals surface area contributed by atoms with Gasteiger partial charge in [0.2, 0.25) is 0 Å². The zero-order valence-corrected chi connectivity index (χ0v) is 17.2. The van der Waals surface area contributed by atoms with Crippen LogP contribution in [0.15, 0.2) is 68.9 Å². The largest absolute Gasteiger partial charge is 0.457 e. The molecule has 2 aromatic carbocycles. The summed E-state index contributed by atoms with van der Waals surface area (Å²) in [4.78, 5) is 27.6. The number of benzene rings is 2. The molecule has 0 spiro atoms. The lowest BCUT2D eigenvalue weighted by atomic mass is 10.1. The minimum absolute atomic E-state index is 0.0528. The Kier molecular flexibility index (Phi) is 5.43. The molecule has 1 aromatic heterocycles. The van der Waals surface area contributed by atoms with Crippen LogP contribution in [0.5, 0.6) is 0 Å². The topological polar surface area (TPSA) is 97.7 Å². The van der Waals surface area contributed by atoms with E-state index in [2.05, 4.69) is 10.3 Å². The molecule has 1 aliphatic rings. The zero-order chi connectivity index (χ0) is 21.3. The van der Waals surface area contributed by atoms with E-state index in [4.69, 9.17) is 16.0 Å². The maximum atomic E-state index is 12.3. The van der Waals surface area contributed by atoms with Crippen LogP contribution in [0, 0.1) is 17.0 Å². The van der Waals surface area contributed by atoms with Crippen molar-refractivity contribution in [1.82, 2.24) is 5.32 Å². The number of rotatable bonds is 4. The highest BCUT2D eigenvalue weighted by atomic mass is 35.5. The predicted octanol–water partition coefficient (Wildman–Crippen LogP) is 5.71. The van der Waals surface area contributed by atoms with E-state index in [0.717, 1.165) is 11.3 Å². The Balaban J connectivity index is 1.56. The first-order valence-electron chi connectivity index (χ1n) is 8.79. The van der Waals surface area contributed by atoms with Gasteiger partial charge in [-0.2, -0.15) is 0 Å². The van der Waals surface area contributed by atoms with Gasteiger partial charge in [-0.3, -0.25) is 14.9 Å². The number of carbonyl (C=O) groups excluding carboxylic acids is 1. The van der Waals surface area contributed by atoms with Crippen molar-refractivity contribution >= 4 is 51.9 Å². The zero-order valence-electron chi connectivity index (χ0n) is 15.6. The summed E-state index contributed by atoms with van der Waals surface area (Å²) in [6, 6.07) is 15.4. The number of amides is 1. The number of hydrogen-bond acceptors (Lipinski definition) is 6. The first kappa shape index (κ1) is 19.9. The molecule has 0 bridgehead atoms. The third-order valence-corrected chi connectivity index (χ3v) is 5.47. The van der Waals surface area contributed by atoms with Crippen molar-refractivity contribution in [2.75, 3.05) is 0 Å². The fraction of sp³-hybridized carbons (Fsp3) is 0.0476. The minimum Gasteiger partial charge on any atom is -0.457 e. The van der Waals surface area contributed by atoms with Crippen molar-refractivity contribution in [1.29, 1.82) is 0 Å². The Labute approximate surface area is 180 Å². The molecule has 0 aliphatic carbocycles. The van der Waals surface area contributed by atoms with Crippen LogP contribution in [0.25, 0.3) is 17.4 Å². The molecule has 1 aliphatic heterocycles. The van der Waals surface area contributed by atoms with Crippen LogP contribution < -0.4 is 5.32 Å². The van der Waals surface area contributed by atoms with E-state index < -0.39 is 4.92 Å². The molecule has 1 amide bonds. The van der Waals surface area contributed by atoms with Crippen LogP contribution in [0.2, 0.25) is 5.02 Å². The molecule has 1 saturated heterocycles. The van der Waals surface area contributed by atoms with Gasteiger partial charge in [-0.15, -0.1) is 0 Å². The second-order valence-corrected chi connectivity index (χ2v) is 7.88. The molecule has 0 atom stereocenters. The molecular formula is C21H14ClN3O4S. The van der Waals surface area contributed by atoms with Gasteiger partial charge in [0.15, 0.2) is 5.17 Å². The summed E-state index contributed by atoms with van der Waals surface area (Å²) in [5, 5.41) is 14.3. The summed E-state index contributed by atoms with van der Waals surface area (Å²) in [7, 11) is 0. The van der Waals surface area contributed by atoms with E-state index in [-0.39, 0.29) is 16.6 Å². The van der Waals surface area contributed by atoms with Gasteiger partial charge < -0.3 is 9.73 Å². The number of nitrogens with one attached hydrogen (secondary N) is 1. The normalized spacial score (nSPS) is 16.3. The second-order valence-electron chi connectivity index (χ2n) is 6.44. The number of nitro benzene ring substituents is 1. The third kappa shape index (κ3) is 4.29. The van der Waals surface area contributed by atoms with E-state index in [1.54, 1.807) is 24.3 Å². The third-order valence-electron chi connectivity index (χ3n) is 4.24. The summed E-state index contributed by atoms with van der Waals surface area (Å²) in [5.41, 5.74) is 2.19. The molecule has 2 heterocycles. The van der Waals surface area contributed by atoms with Crippen LogP contribution in [0.1, 0.15) is 11.3 Å². The Hall–Kier alpha value is -3.36. The van der Waals surface area contributed by atoms with E-state index >= 15 is 0 Å². The van der Waals surface area contributed by atoms with Crippen LogP contribution in [-0.4, -0.2) is 16.0 Å². The molecule has 3 aromatic rings. The van der Waals surface area contributed by atoms with Gasteiger partial charge in [0.1, 0.15) is 16.5 Å². The molecule has 150 valence electrons. The average Bonchev–Trinajstić information content (AvgIpc) is 3.31. The number of nitrogens with zero attached hydrogens (tertiary/aromatic N) is 2. The fourth-order valence-corrected chi connectivity index (χ4v) is 3.75. The summed E-state index contributed by atoms with van der Waals surface area (Å²) in [6.45, 7) is 1.99. The lowest BCUT2D eigenvalue weighted by Gasteiger charge is -1.99. The Morgan fingerprint density at radius 2 is 1.93 bits per heavy atom. The number of halogens is 1. The predicted molar refractivity (Wildman–Crippen MR) is 118 cm³/mol. The van der Waals surface area contributed by atoms with Gasteiger partial charge >= 0.3 is 0 Å². The van der Waals surface area contributed by atoms with E-state index in [1.165, 1.54) is 23.9 Å². The first-order valence-corrected chi connectivity index (χ1v) is 9.99. The van der Waals surface area contributed by atoms with Gasteiger partial charge in [0, 0.05) is 17.7 Å². The van der Waals surface area contributed by atoms with Crippen molar-refractivity contribution in [2.45, 2.75) is 6.92 Å². The highest BCUT2D eigenvalue weighted by Gasteiger charge is 2.24.